The van der Waals surface area contributed by atoms with Gasteiger partial charge in [0, 0.05) is 37.2 Å². The van der Waals surface area contributed by atoms with Crippen molar-refractivity contribution >= 4 is 10.8 Å². The minimum absolute atomic E-state index is 0.325. The van der Waals surface area contributed by atoms with Gasteiger partial charge in [0.25, 0.3) is 0 Å². The molecule has 1 N–H and O–H groups in total. The Morgan fingerprint density at radius 3 is 2.52 bits per heavy atom. The SMILES string of the molecule is COCCOc1c2c(c(OC)c3c(OC)cccc13)C1(OC)C(C)OC2C[C@H]1O. The van der Waals surface area contributed by atoms with Crippen molar-refractivity contribution in [3.8, 4) is 17.2 Å². The van der Waals surface area contributed by atoms with E-state index in [1.54, 1.807) is 28.4 Å². The molecule has 7 nitrogen and oxygen atoms in total. The standard InChI is InChI=1S/C22H28O7/c1-12-22(27-5)16(23)11-15(29-12)18-19(22)21(26-4)17-13(7-6-8-14(17)25-3)20(18)28-10-9-24-2/h6-8,12,15-16,23H,9-11H2,1-5H3/t12?,15?,16-,22?/m1/s1. The highest BCUT2D eigenvalue weighted by Gasteiger charge is 2.60. The first-order chi connectivity index (χ1) is 14.0. The van der Waals surface area contributed by atoms with Crippen LogP contribution in [0.5, 0.6) is 17.2 Å². The average molecular weight is 404 g/mol. The Balaban J connectivity index is 2.12. The van der Waals surface area contributed by atoms with E-state index >= 15 is 0 Å². The van der Waals surface area contributed by atoms with Gasteiger partial charge in [-0.1, -0.05) is 12.1 Å². The zero-order valence-corrected chi connectivity index (χ0v) is 17.5. The Morgan fingerprint density at radius 2 is 1.90 bits per heavy atom. The third-order valence-electron chi connectivity index (χ3n) is 6.15. The van der Waals surface area contributed by atoms with Crippen molar-refractivity contribution in [3.05, 3.63) is 29.3 Å². The van der Waals surface area contributed by atoms with E-state index in [0.29, 0.717) is 36.9 Å². The topological polar surface area (TPSA) is 75.6 Å². The maximum absolute atomic E-state index is 11.0. The smallest absolute Gasteiger partial charge is 0.148 e. The van der Waals surface area contributed by atoms with Gasteiger partial charge < -0.3 is 33.5 Å². The van der Waals surface area contributed by atoms with E-state index < -0.39 is 11.7 Å². The minimum Gasteiger partial charge on any atom is -0.496 e. The van der Waals surface area contributed by atoms with E-state index in [-0.39, 0.29) is 12.2 Å². The van der Waals surface area contributed by atoms with Crippen LogP contribution in [0.3, 0.4) is 0 Å². The number of aliphatic hydroxyl groups excluding tert-OH is 1. The van der Waals surface area contributed by atoms with Crippen LogP contribution in [0.25, 0.3) is 10.8 Å². The van der Waals surface area contributed by atoms with Crippen molar-refractivity contribution < 1.29 is 33.5 Å². The fourth-order valence-electron chi connectivity index (χ4n) is 4.92. The van der Waals surface area contributed by atoms with Gasteiger partial charge in [-0.2, -0.15) is 0 Å². The zero-order valence-electron chi connectivity index (χ0n) is 17.5. The van der Waals surface area contributed by atoms with Gasteiger partial charge >= 0.3 is 0 Å². The van der Waals surface area contributed by atoms with Crippen LogP contribution < -0.4 is 14.2 Å². The van der Waals surface area contributed by atoms with Crippen LogP contribution in [-0.4, -0.2) is 59.0 Å². The Bertz CT molecular complexity index is 898. The summed E-state index contributed by atoms with van der Waals surface area (Å²) in [6.45, 7) is 2.75. The quantitative estimate of drug-likeness (QED) is 0.711. The van der Waals surface area contributed by atoms with Gasteiger partial charge in [-0.15, -0.1) is 0 Å². The predicted molar refractivity (Wildman–Crippen MR) is 107 cm³/mol. The average Bonchev–Trinajstić information content (AvgIpc) is 2.73. The number of rotatable bonds is 7. The number of benzene rings is 2. The Hall–Kier alpha value is -2.06. The number of aliphatic hydroxyl groups is 1. The Kier molecular flexibility index (Phi) is 5.33. The normalized spacial score (nSPS) is 27.7. The van der Waals surface area contributed by atoms with Crippen molar-refractivity contribution in [1.82, 2.24) is 0 Å². The van der Waals surface area contributed by atoms with E-state index in [0.717, 1.165) is 21.9 Å². The van der Waals surface area contributed by atoms with E-state index in [1.807, 2.05) is 25.1 Å². The number of ether oxygens (including phenoxy) is 6. The summed E-state index contributed by atoms with van der Waals surface area (Å²) in [5.74, 6) is 1.97. The first-order valence-electron chi connectivity index (χ1n) is 9.76. The highest BCUT2D eigenvalue weighted by Crippen LogP contribution is 2.61. The van der Waals surface area contributed by atoms with E-state index in [9.17, 15) is 5.11 Å². The third kappa shape index (κ3) is 2.72. The number of fused-ring (bicyclic) bond motifs is 3. The fourth-order valence-corrected chi connectivity index (χ4v) is 4.92. The van der Waals surface area contributed by atoms with Gasteiger partial charge in [-0.3, -0.25) is 0 Å². The second-order valence-electron chi connectivity index (χ2n) is 7.39. The third-order valence-corrected chi connectivity index (χ3v) is 6.15. The van der Waals surface area contributed by atoms with Crippen molar-refractivity contribution in [2.45, 2.75) is 37.3 Å². The van der Waals surface area contributed by atoms with E-state index in [2.05, 4.69) is 0 Å². The summed E-state index contributed by atoms with van der Waals surface area (Å²) in [7, 11) is 6.47. The molecular formula is C22H28O7. The second kappa shape index (κ2) is 7.65. The lowest BCUT2D eigenvalue weighted by atomic mass is 9.68. The highest BCUT2D eigenvalue weighted by atomic mass is 16.6. The summed E-state index contributed by atoms with van der Waals surface area (Å²) >= 11 is 0. The molecule has 3 unspecified atom stereocenters. The molecule has 2 aromatic carbocycles. The molecule has 0 radical (unpaired) electrons. The molecule has 0 saturated carbocycles. The molecule has 4 atom stereocenters. The second-order valence-corrected chi connectivity index (χ2v) is 7.39. The Labute approximate surface area is 170 Å². The molecule has 5 rings (SSSR count). The molecule has 2 heterocycles. The van der Waals surface area contributed by atoms with Crippen molar-refractivity contribution in [3.63, 3.8) is 0 Å². The monoisotopic (exact) mass is 404 g/mol. The summed E-state index contributed by atoms with van der Waals surface area (Å²) in [5, 5.41) is 12.7. The van der Waals surface area contributed by atoms with Gasteiger partial charge in [0.15, 0.2) is 0 Å². The molecule has 2 bridgehead atoms. The molecule has 0 amide bonds. The maximum atomic E-state index is 11.0. The van der Waals surface area contributed by atoms with Crippen molar-refractivity contribution in [2.24, 2.45) is 0 Å². The van der Waals surface area contributed by atoms with Crippen LogP contribution >= 0.6 is 0 Å². The first-order valence-corrected chi connectivity index (χ1v) is 9.76. The van der Waals surface area contributed by atoms with Crippen LogP contribution in [0.4, 0.5) is 0 Å². The Morgan fingerprint density at radius 1 is 1.10 bits per heavy atom. The summed E-state index contributed by atoms with van der Waals surface area (Å²) in [4.78, 5) is 0. The van der Waals surface area contributed by atoms with Gasteiger partial charge in [0.05, 0.1) is 44.5 Å². The van der Waals surface area contributed by atoms with Crippen LogP contribution in [0.1, 0.15) is 30.6 Å². The molecule has 1 aliphatic carbocycles. The molecule has 0 aromatic heterocycles. The molecule has 158 valence electrons. The lowest BCUT2D eigenvalue weighted by molar-refractivity contribution is -0.257. The fraction of sp³-hybridized carbons (Fsp3) is 0.545. The lowest BCUT2D eigenvalue weighted by Crippen LogP contribution is -2.59. The summed E-state index contributed by atoms with van der Waals surface area (Å²) in [5.41, 5.74) is 0.572. The summed E-state index contributed by atoms with van der Waals surface area (Å²) in [6, 6.07) is 5.78. The molecule has 1 fully saturated rings. The van der Waals surface area contributed by atoms with Crippen LogP contribution in [0, 0.1) is 0 Å². The summed E-state index contributed by atoms with van der Waals surface area (Å²) in [6.07, 6.45) is -0.998. The van der Waals surface area contributed by atoms with Gasteiger partial charge in [0.1, 0.15) is 29.5 Å². The highest BCUT2D eigenvalue weighted by molar-refractivity contribution is 6.01. The molecule has 3 aliphatic rings. The van der Waals surface area contributed by atoms with Gasteiger partial charge in [-0.25, -0.2) is 0 Å². The van der Waals surface area contributed by atoms with Crippen molar-refractivity contribution in [1.29, 1.82) is 0 Å². The zero-order chi connectivity index (χ0) is 20.8. The predicted octanol–water partition coefficient (Wildman–Crippen LogP) is 2.95. The molecule has 2 aromatic rings. The van der Waals surface area contributed by atoms with Crippen molar-refractivity contribution in [2.75, 3.05) is 41.7 Å². The largest absolute Gasteiger partial charge is 0.496 e. The molecule has 0 spiro atoms. The lowest BCUT2D eigenvalue weighted by Gasteiger charge is -2.54. The van der Waals surface area contributed by atoms with Crippen LogP contribution in [0.2, 0.25) is 0 Å². The van der Waals surface area contributed by atoms with E-state index in [1.165, 1.54) is 0 Å². The molecular weight excluding hydrogens is 376 g/mol. The number of methoxy groups -OCH3 is 4. The number of hydrogen-bond acceptors (Lipinski definition) is 7. The van der Waals surface area contributed by atoms with E-state index in [4.69, 9.17) is 28.4 Å². The molecule has 7 heteroatoms. The van der Waals surface area contributed by atoms with Crippen LogP contribution in [0.15, 0.2) is 18.2 Å². The summed E-state index contributed by atoms with van der Waals surface area (Å²) < 4.78 is 35.2. The van der Waals surface area contributed by atoms with Crippen LogP contribution in [-0.2, 0) is 19.8 Å². The number of hydrogen-bond donors (Lipinski definition) is 1. The molecule has 2 aliphatic heterocycles. The molecule has 1 saturated heterocycles. The van der Waals surface area contributed by atoms with Gasteiger partial charge in [-0.05, 0) is 13.0 Å². The maximum Gasteiger partial charge on any atom is 0.148 e. The first kappa shape index (κ1) is 20.2. The minimum atomic E-state index is -1.07. The van der Waals surface area contributed by atoms with Gasteiger partial charge in [0.2, 0.25) is 0 Å². The molecule has 29 heavy (non-hydrogen) atoms.